The SMILES string of the molecule is CC(c1ccc(C=O)cc1)c1cccnc1. The van der Waals surface area contributed by atoms with Gasteiger partial charge in [-0.1, -0.05) is 37.3 Å². The monoisotopic (exact) mass is 211 g/mol. The van der Waals surface area contributed by atoms with Crippen LogP contribution in [0.2, 0.25) is 0 Å². The summed E-state index contributed by atoms with van der Waals surface area (Å²) in [6.07, 6.45) is 4.50. The molecule has 2 aromatic rings. The molecule has 80 valence electrons. The van der Waals surface area contributed by atoms with Gasteiger partial charge in [0.2, 0.25) is 0 Å². The summed E-state index contributed by atoms with van der Waals surface area (Å²) >= 11 is 0. The first-order chi connectivity index (χ1) is 7.81. The van der Waals surface area contributed by atoms with Gasteiger partial charge in [-0.3, -0.25) is 9.78 Å². The first kappa shape index (κ1) is 10.6. The maximum absolute atomic E-state index is 10.5. The van der Waals surface area contributed by atoms with Crippen LogP contribution in [0.15, 0.2) is 48.8 Å². The van der Waals surface area contributed by atoms with Crippen molar-refractivity contribution >= 4 is 6.29 Å². The Bertz CT molecular complexity index is 462. The molecule has 0 saturated heterocycles. The van der Waals surface area contributed by atoms with Crippen molar-refractivity contribution in [1.29, 1.82) is 0 Å². The second-order valence-corrected chi connectivity index (χ2v) is 3.79. The molecule has 1 heterocycles. The number of carbonyl (C=O) groups excluding carboxylic acids is 1. The van der Waals surface area contributed by atoms with Crippen LogP contribution in [0.5, 0.6) is 0 Å². The van der Waals surface area contributed by atoms with Gasteiger partial charge in [0, 0.05) is 23.9 Å². The molecule has 0 spiro atoms. The predicted molar refractivity (Wildman–Crippen MR) is 63.6 cm³/mol. The third-order valence-corrected chi connectivity index (χ3v) is 2.76. The summed E-state index contributed by atoms with van der Waals surface area (Å²) in [5.41, 5.74) is 3.09. The second-order valence-electron chi connectivity index (χ2n) is 3.79. The number of hydrogen-bond acceptors (Lipinski definition) is 2. The topological polar surface area (TPSA) is 30.0 Å². The Morgan fingerprint density at radius 3 is 2.44 bits per heavy atom. The van der Waals surface area contributed by atoms with E-state index in [2.05, 4.69) is 18.0 Å². The Labute approximate surface area is 95.0 Å². The van der Waals surface area contributed by atoms with Gasteiger partial charge in [0.1, 0.15) is 6.29 Å². The van der Waals surface area contributed by atoms with Gasteiger partial charge in [-0.05, 0) is 17.2 Å². The normalized spacial score (nSPS) is 12.1. The zero-order chi connectivity index (χ0) is 11.4. The molecule has 0 aliphatic heterocycles. The lowest BCUT2D eigenvalue weighted by atomic mass is 9.94. The summed E-state index contributed by atoms with van der Waals surface area (Å²) in [6, 6.07) is 11.7. The van der Waals surface area contributed by atoms with Gasteiger partial charge in [0.15, 0.2) is 0 Å². The highest BCUT2D eigenvalue weighted by molar-refractivity contribution is 5.74. The Balaban J connectivity index is 2.27. The maximum Gasteiger partial charge on any atom is 0.150 e. The number of carbonyl (C=O) groups is 1. The minimum Gasteiger partial charge on any atom is -0.298 e. The first-order valence-electron chi connectivity index (χ1n) is 5.26. The number of benzene rings is 1. The van der Waals surface area contributed by atoms with Crippen LogP contribution in [0.4, 0.5) is 0 Å². The zero-order valence-electron chi connectivity index (χ0n) is 9.13. The fraction of sp³-hybridized carbons (Fsp3) is 0.143. The van der Waals surface area contributed by atoms with E-state index in [0.717, 1.165) is 6.29 Å². The lowest BCUT2D eigenvalue weighted by molar-refractivity contribution is 0.112. The molecule has 1 aromatic carbocycles. The summed E-state index contributed by atoms with van der Waals surface area (Å²) in [5, 5.41) is 0. The van der Waals surface area contributed by atoms with Crippen LogP contribution in [0.25, 0.3) is 0 Å². The van der Waals surface area contributed by atoms with Crippen LogP contribution in [-0.2, 0) is 0 Å². The first-order valence-corrected chi connectivity index (χ1v) is 5.26. The van der Waals surface area contributed by atoms with Crippen LogP contribution >= 0.6 is 0 Å². The molecule has 0 bridgehead atoms. The van der Waals surface area contributed by atoms with Crippen LogP contribution in [0, 0.1) is 0 Å². The number of hydrogen-bond donors (Lipinski definition) is 0. The number of aldehydes is 1. The molecule has 1 atom stereocenters. The van der Waals surface area contributed by atoms with E-state index in [-0.39, 0.29) is 0 Å². The van der Waals surface area contributed by atoms with Crippen molar-refractivity contribution in [2.24, 2.45) is 0 Å². The minimum atomic E-state index is 0.300. The van der Waals surface area contributed by atoms with Crippen LogP contribution in [0.1, 0.15) is 34.3 Å². The summed E-state index contributed by atoms with van der Waals surface area (Å²) in [5.74, 6) is 0.300. The average molecular weight is 211 g/mol. The Kier molecular flexibility index (Phi) is 3.10. The molecular weight excluding hydrogens is 198 g/mol. The van der Waals surface area contributed by atoms with E-state index in [1.807, 2.05) is 36.5 Å². The number of pyridine rings is 1. The maximum atomic E-state index is 10.5. The van der Waals surface area contributed by atoms with Gasteiger partial charge in [-0.2, -0.15) is 0 Å². The average Bonchev–Trinajstić information content (AvgIpc) is 2.39. The van der Waals surface area contributed by atoms with Crippen LogP contribution < -0.4 is 0 Å². The summed E-state index contributed by atoms with van der Waals surface area (Å²) in [4.78, 5) is 14.7. The summed E-state index contributed by atoms with van der Waals surface area (Å²) < 4.78 is 0. The Hall–Kier alpha value is -1.96. The van der Waals surface area contributed by atoms with Gasteiger partial charge in [-0.15, -0.1) is 0 Å². The minimum absolute atomic E-state index is 0.300. The summed E-state index contributed by atoms with van der Waals surface area (Å²) in [6.45, 7) is 2.13. The van der Waals surface area contributed by atoms with E-state index < -0.39 is 0 Å². The molecule has 2 heteroatoms. The second kappa shape index (κ2) is 4.71. The quantitative estimate of drug-likeness (QED) is 0.730. The Morgan fingerprint density at radius 2 is 1.88 bits per heavy atom. The lowest BCUT2D eigenvalue weighted by Gasteiger charge is -2.11. The molecule has 0 N–H and O–H groups in total. The molecule has 0 saturated carbocycles. The molecule has 0 aliphatic rings. The van der Waals surface area contributed by atoms with Crippen LogP contribution in [-0.4, -0.2) is 11.3 Å². The fourth-order valence-electron chi connectivity index (χ4n) is 1.69. The van der Waals surface area contributed by atoms with Gasteiger partial charge >= 0.3 is 0 Å². The Morgan fingerprint density at radius 1 is 1.12 bits per heavy atom. The van der Waals surface area contributed by atoms with Gasteiger partial charge in [0.25, 0.3) is 0 Å². The molecule has 2 rings (SSSR count). The van der Waals surface area contributed by atoms with E-state index in [9.17, 15) is 4.79 Å². The molecule has 0 amide bonds. The van der Waals surface area contributed by atoms with E-state index in [0.29, 0.717) is 11.5 Å². The largest absolute Gasteiger partial charge is 0.298 e. The summed E-state index contributed by atoms with van der Waals surface area (Å²) in [7, 11) is 0. The standard InChI is InChI=1S/C14H13NO/c1-11(14-3-2-8-15-9-14)13-6-4-12(10-16)5-7-13/h2-11H,1H3. The van der Waals surface area contributed by atoms with Gasteiger partial charge in [-0.25, -0.2) is 0 Å². The highest BCUT2D eigenvalue weighted by atomic mass is 16.1. The predicted octanol–water partition coefficient (Wildman–Crippen LogP) is 3.05. The van der Waals surface area contributed by atoms with Crippen molar-refractivity contribution in [3.8, 4) is 0 Å². The fourth-order valence-corrected chi connectivity index (χ4v) is 1.69. The third-order valence-electron chi connectivity index (χ3n) is 2.76. The van der Waals surface area contributed by atoms with Gasteiger partial charge < -0.3 is 0 Å². The van der Waals surface area contributed by atoms with E-state index >= 15 is 0 Å². The van der Waals surface area contributed by atoms with E-state index in [4.69, 9.17) is 0 Å². The van der Waals surface area contributed by atoms with Gasteiger partial charge in [0.05, 0.1) is 0 Å². The molecule has 1 unspecified atom stereocenters. The molecule has 0 radical (unpaired) electrons. The highest BCUT2D eigenvalue weighted by Gasteiger charge is 2.07. The molecular formula is C14H13NO. The van der Waals surface area contributed by atoms with E-state index in [1.54, 1.807) is 6.20 Å². The molecule has 1 aromatic heterocycles. The molecule has 0 fully saturated rings. The van der Waals surface area contributed by atoms with Crippen molar-refractivity contribution in [3.05, 3.63) is 65.5 Å². The molecule has 0 aliphatic carbocycles. The lowest BCUT2D eigenvalue weighted by Crippen LogP contribution is -1.96. The van der Waals surface area contributed by atoms with E-state index in [1.165, 1.54) is 11.1 Å². The molecule has 16 heavy (non-hydrogen) atoms. The van der Waals surface area contributed by atoms with Crippen LogP contribution in [0.3, 0.4) is 0 Å². The van der Waals surface area contributed by atoms with Crippen molar-refractivity contribution in [1.82, 2.24) is 4.98 Å². The van der Waals surface area contributed by atoms with Crippen molar-refractivity contribution in [3.63, 3.8) is 0 Å². The number of rotatable bonds is 3. The highest BCUT2D eigenvalue weighted by Crippen LogP contribution is 2.23. The molecule has 2 nitrogen and oxygen atoms in total. The third kappa shape index (κ3) is 2.16. The number of aromatic nitrogens is 1. The number of nitrogens with zero attached hydrogens (tertiary/aromatic N) is 1. The van der Waals surface area contributed by atoms with Crippen molar-refractivity contribution in [2.75, 3.05) is 0 Å². The smallest absolute Gasteiger partial charge is 0.150 e. The van der Waals surface area contributed by atoms with Crippen molar-refractivity contribution < 1.29 is 4.79 Å². The van der Waals surface area contributed by atoms with Crippen molar-refractivity contribution in [2.45, 2.75) is 12.8 Å². The zero-order valence-corrected chi connectivity index (χ0v) is 9.13.